The van der Waals surface area contributed by atoms with Gasteiger partial charge in [0.05, 0.1) is 6.54 Å². The molecule has 0 atom stereocenters. The molecule has 0 bridgehead atoms. The van der Waals surface area contributed by atoms with Crippen LogP contribution < -0.4 is 10.2 Å². The average Bonchev–Trinajstić information content (AvgIpc) is 2.54. The first-order valence-electron chi connectivity index (χ1n) is 8.84. The van der Waals surface area contributed by atoms with Crippen LogP contribution in [0, 0.1) is 5.92 Å². The largest absolute Gasteiger partial charge is 0.371 e. The lowest BCUT2D eigenvalue weighted by molar-refractivity contribution is -0.122. The van der Waals surface area contributed by atoms with E-state index in [1.165, 1.54) is 30.5 Å². The number of amides is 1. The van der Waals surface area contributed by atoms with Crippen LogP contribution in [0.4, 0.5) is 5.69 Å². The zero-order valence-corrected chi connectivity index (χ0v) is 14.8. The fraction of sp³-hybridized carbons (Fsp3) is 0.632. The van der Waals surface area contributed by atoms with Crippen molar-refractivity contribution in [1.82, 2.24) is 10.2 Å². The van der Waals surface area contributed by atoms with Crippen molar-refractivity contribution in [3.8, 4) is 0 Å². The zero-order valence-electron chi connectivity index (χ0n) is 14.8. The summed E-state index contributed by atoms with van der Waals surface area (Å²) in [5, 5.41) is 2.99. The molecule has 1 N–H and O–H groups in total. The standard InChI is InChI=1S/C19H31N3O/c1-16(2)13-20-19(23)15-21(3)14-17-9-5-6-10-18(17)22-11-7-4-8-12-22/h5-6,9-10,16H,4,7-8,11-15H2,1-3H3,(H,20,23). The van der Waals surface area contributed by atoms with Gasteiger partial charge in [0.15, 0.2) is 0 Å². The molecular formula is C19H31N3O. The first kappa shape index (κ1) is 17.8. The lowest BCUT2D eigenvalue weighted by Crippen LogP contribution is -2.37. The second kappa shape index (κ2) is 8.92. The number of nitrogens with one attached hydrogen (secondary N) is 1. The molecule has 0 saturated carbocycles. The van der Waals surface area contributed by atoms with E-state index in [1.807, 2.05) is 7.05 Å². The molecule has 128 valence electrons. The van der Waals surface area contributed by atoms with Gasteiger partial charge in [-0.25, -0.2) is 0 Å². The Morgan fingerprint density at radius 2 is 1.91 bits per heavy atom. The van der Waals surface area contributed by atoms with Crippen LogP contribution in [0.1, 0.15) is 38.7 Å². The Bertz CT molecular complexity index is 495. The van der Waals surface area contributed by atoms with E-state index in [4.69, 9.17) is 0 Å². The molecule has 0 aliphatic carbocycles. The van der Waals surface area contributed by atoms with Crippen molar-refractivity contribution >= 4 is 11.6 Å². The van der Waals surface area contributed by atoms with Gasteiger partial charge in [-0.2, -0.15) is 0 Å². The molecular weight excluding hydrogens is 286 g/mol. The third kappa shape index (κ3) is 5.87. The molecule has 0 radical (unpaired) electrons. The van der Waals surface area contributed by atoms with Gasteiger partial charge in [0.25, 0.3) is 0 Å². The minimum Gasteiger partial charge on any atom is -0.371 e. The average molecular weight is 317 g/mol. The predicted octanol–water partition coefficient (Wildman–Crippen LogP) is 2.88. The van der Waals surface area contributed by atoms with E-state index < -0.39 is 0 Å². The molecule has 1 aromatic carbocycles. The number of carbonyl (C=O) groups excluding carboxylic acids is 1. The highest BCUT2D eigenvalue weighted by atomic mass is 16.2. The zero-order chi connectivity index (χ0) is 16.7. The monoisotopic (exact) mass is 317 g/mol. The SMILES string of the molecule is CC(C)CNC(=O)CN(C)Cc1ccccc1N1CCCCC1. The molecule has 0 unspecified atom stereocenters. The molecule has 1 saturated heterocycles. The van der Waals surface area contributed by atoms with Crippen LogP contribution in [-0.4, -0.2) is 44.0 Å². The molecule has 1 fully saturated rings. The fourth-order valence-corrected chi connectivity index (χ4v) is 3.05. The summed E-state index contributed by atoms with van der Waals surface area (Å²) in [6.45, 7) is 8.52. The van der Waals surface area contributed by atoms with Crippen molar-refractivity contribution in [2.75, 3.05) is 38.1 Å². The van der Waals surface area contributed by atoms with Crippen LogP contribution >= 0.6 is 0 Å². The maximum atomic E-state index is 12.0. The van der Waals surface area contributed by atoms with Gasteiger partial charge in [-0.15, -0.1) is 0 Å². The van der Waals surface area contributed by atoms with E-state index in [2.05, 4.69) is 53.2 Å². The molecule has 0 aromatic heterocycles. The topological polar surface area (TPSA) is 35.6 Å². The van der Waals surface area contributed by atoms with E-state index in [0.29, 0.717) is 12.5 Å². The summed E-state index contributed by atoms with van der Waals surface area (Å²) in [6.07, 6.45) is 3.90. The molecule has 0 spiro atoms. The summed E-state index contributed by atoms with van der Waals surface area (Å²) in [5.74, 6) is 0.598. The third-order valence-corrected chi connectivity index (χ3v) is 4.25. The van der Waals surface area contributed by atoms with E-state index in [-0.39, 0.29) is 5.91 Å². The van der Waals surface area contributed by atoms with Gasteiger partial charge in [0.2, 0.25) is 5.91 Å². The number of piperidine rings is 1. The van der Waals surface area contributed by atoms with Gasteiger partial charge in [0, 0.05) is 31.9 Å². The molecule has 1 aliphatic heterocycles. The van der Waals surface area contributed by atoms with Crippen molar-refractivity contribution in [3.05, 3.63) is 29.8 Å². The first-order valence-corrected chi connectivity index (χ1v) is 8.84. The van der Waals surface area contributed by atoms with Gasteiger partial charge in [-0.05, 0) is 43.9 Å². The van der Waals surface area contributed by atoms with Crippen molar-refractivity contribution in [2.45, 2.75) is 39.7 Å². The van der Waals surface area contributed by atoms with E-state index in [0.717, 1.165) is 26.2 Å². The Balaban J connectivity index is 1.92. The second-order valence-electron chi connectivity index (χ2n) is 7.05. The first-order chi connectivity index (χ1) is 11.1. The summed E-state index contributed by atoms with van der Waals surface area (Å²) < 4.78 is 0. The highest BCUT2D eigenvalue weighted by Gasteiger charge is 2.15. The molecule has 1 aromatic rings. The molecule has 2 rings (SSSR count). The Morgan fingerprint density at radius 1 is 1.22 bits per heavy atom. The second-order valence-corrected chi connectivity index (χ2v) is 7.05. The number of hydrogen-bond acceptors (Lipinski definition) is 3. The quantitative estimate of drug-likeness (QED) is 0.840. The normalized spacial score (nSPS) is 15.3. The van der Waals surface area contributed by atoms with Crippen LogP contribution in [0.15, 0.2) is 24.3 Å². The number of hydrogen-bond donors (Lipinski definition) is 1. The van der Waals surface area contributed by atoms with E-state index in [1.54, 1.807) is 0 Å². The smallest absolute Gasteiger partial charge is 0.234 e. The number of rotatable bonds is 7. The van der Waals surface area contributed by atoms with Gasteiger partial charge in [-0.3, -0.25) is 9.69 Å². The van der Waals surface area contributed by atoms with Crippen LogP contribution in [0.5, 0.6) is 0 Å². The molecule has 1 amide bonds. The summed E-state index contributed by atoms with van der Waals surface area (Å²) in [4.78, 5) is 16.6. The Kier molecular flexibility index (Phi) is 6.90. The van der Waals surface area contributed by atoms with Gasteiger partial charge in [0.1, 0.15) is 0 Å². The van der Waals surface area contributed by atoms with Crippen molar-refractivity contribution < 1.29 is 4.79 Å². The van der Waals surface area contributed by atoms with Crippen molar-refractivity contribution in [1.29, 1.82) is 0 Å². The number of anilines is 1. The van der Waals surface area contributed by atoms with Crippen LogP contribution in [0.3, 0.4) is 0 Å². The summed E-state index contributed by atoms with van der Waals surface area (Å²) in [5.41, 5.74) is 2.65. The summed E-state index contributed by atoms with van der Waals surface area (Å²) in [6, 6.07) is 8.61. The molecule has 23 heavy (non-hydrogen) atoms. The fourth-order valence-electron chi connectivity index (χ4n) is 3.05. The van der Waals surface area contributed by atoms with E-state index >= 15 is 0 Å². The van der Waals surface area contributed by atoms with Gasteiger partial charge in [-0.1, -0.05) is 32.0 Å². The summed E-state index contributed by atoms with van der Waals surface area (Å²) >= 11 is 0. The Labute approximate surface area is 140 Å². The number of likely N-dealkylation sites (N-methyl/N-ethyl adjacent to an activating group) is 1. The highest BCUT2D eigenvalue weighted by Crippen LogP contribution is 2.24. The lowest BCUT2D eigenvalue weighted by Gasteiger charge is -2.31. The third-order valence-electron chi connectivity index (χ3n) is 4.25. The minimum atomic E-state index is 0.108. The summed E-state index contributed by atoms with van der Waals surface area (Å²) in [7, 11) is 2.02. The molecule has 4 nitrogen and oxygen atoms in total. The van der Waals surface area contributed by atoms with Crippen LogP contribution in [0.25, 0.3) is 0 Å². The van der Waals surface area contributed by atoms with Gasteiger partial charge >= 0.3 is 0 Å². The number of nitrogens with zero attached hydrogens (tertiary/aromatic N) is 2. The highest BCUT2D eigenvalue weighted by molar-refractivity contribution is 5.78. The van der Waals surface area contributed by atoms with E-state index in [9.17, 15) is 4.79 Å². The Hall–Kier alpha value is -1.55. The molecule has 1 aliphatic rings. The number of para-hydroxylation sites is 1. The molecule has 4 heteroatoms. The van der Waals surface area contributed by atoms with Crippen LogP contribution in [0.2, 0.25) is 0 Å². The van der Waals surface area contributed by atoms with Crippen molar-refractivity contribution in [3.63, 3.8) is 0 Å². The minimum absolute atomic E-state index is 0.108. The van der Waals surface area contributed by atoms with Gasteiger partial charge < -0.3 is 10.2 Å². The lowest BCUT2D eigenvalue weighted by atomic mass is 10.1. The number of carbonyl (C=O) groups is 1. The maximum Gasteiger partial charge on any atom is 0.234 e. The molecule has 1 heterocycles. The maximum absolute atomic E-state index is 12.0. The van der Waals surface area contributed by atoms with Crippen LogP contribution in [-0.2, 0) is 11.3 Å². The van der Waals surface area contributed by atoms with Crippen molar-refractivity contribution in [2.24, 2.45) is 5.92 Å². The predicted molar refractivity (Wildman–Crippen MR) is 96.7 cm³/mol. The number of benzene rings is 1. The Morgan fingerprint density at radius 3 is 2.61 bits per heavy atom.